The Bertz CT molecular complexity index is 372. The number of pyridine rings is 1. The van der Waals surface area contributed by atoms with Gasteiger partial charge < -0.3 is 5.32 Å². The van der Waals surface area contributed by atoms with Crippen molar-refractivity contribution in [1.82, 2.24) is 10.3 Å². The minimum Gasteiger partial charge on any atom is -0.313 e. The number of rotatable bonds is 6. The van der Waals surface area contributed by atoms with Crippen molar-refractivity contribution in [3.63, 3.8) is 0 Å². The molecule has 0 aliphatic heterocycles. The predicted octanol–water partition coefficient (Wildman–Crippen LogP) is 3.82. The monoisotopic (exact) mass is 260 g/mol. The highest BCUT2D eigenvalue weighted by Gasteiger charge is 2.39. The van der Waals surface area contributed by atoms with Gasteiger partial charge in [0.15, 0.2) is 0 Å². The van der Waals surface area contributed by atoms with E-state index in [2.05, 4.69) is 43.2 Å². The first kappa shape index (κ1) is 14.5. The SMILES string of the molecule is CCCNC(Cc1ccccn1)C1CCCC1(C)C. The molecular weight excluding hydrogens is 232 g/mol. The van der Waals surface area contributed by atoms with E-state index in [1.807, 2.05) is 12.3 Å². The van der Waals surface area contributed by atoms with E-state index in [1.54, 1.807) is 0 Å². The molecule has 1 aromatic heterocycles. The van der Waals surface area contributed by atoms with Crippen LogP contribution in [0.2, 0.25) is 0 Å². The molecule has 19 heavy (non-hydrogen) atoms. The van der Waals surface area contributed by atoms with Crippen molar-refractivity contribution in [2.45, 2.75) is 58.9 Å². The Morgan fingerprint density at radius 2 is 2.26 bits per heavy atom. The molecule has 0 spiro atoms. The van der Waals surface area contributed by atoms with Gasteiger partial charge in [0.25, 0.3) is 0 Å². The Kier molecular flexibility index (Phi) is 4.98. The van der Waals surface area contributed by atoms with Crippen molar-refractivity contribution in [1.29, 1.82) is 0 Å². The third-order valence-corrected chi connectivity index (χ3v) is 4.64. The fourth-order valence-corrected chi connectivity index (χ4v) is 3.53. The van der Waals surface area contributed by atoms with E-state index in [0.717, 1.165) is 18.9 Å². The highest BCUT2D eigenvalue weighted by Crippen LogP contribution is 2.44. The average Bonchev–Trinajstić information content (AvgIpc) is 2.75. The molecule has 0 radical (unpaired) electrons. The van der Waals surface area contributed by atoms with Crippen molar-refractivity contribution in [2.75, 3.05) is 6.54 Å². The van der Waals surface area contributed by atoms with E-state index < -0.39 is 0 Å². The lowest BCUT2D eigenvalue weighted by Gasteiger charge is -2.35. The van der Waals surface area contributed by atoms with E-state index in [0.29, 0.717) is 11.5 Å². The van der Waals surface area contributed by atoms with Crippen LogP contribution in [-0.4, -0.2) is 17.6 Å². The summed E-state index contributed by atoms with van der Waals surface area (Å²) in [5.41, 5.74) is 1.69. The van der Waals surface area contributed by atoms with Crippen LogP contribution in [-0.2, 0) is 6.42 Å². The molecule has 2 heteroatoms. The van der Waals surface area contributed by atoms with Gasteiger partial charge in [-0.25, -0.2) is 0 Å². The zero-order valence-electron chi connectivity index (χ0n) is 12.7. The van der Waals surface area contributed by atoms with Gasteiger partial charge in [-0.3, -0.25) is 4.98 Å². The summed E-state index contributed by atoms with van der Waals surface area (Å²) in [6, 6.07) is 6.83. The standard InChI is InChI=1S/C17H28N2/c1-4-11-19-16(13-14-8-5-6-12-18-14)15-9-7-10-17(15,2)3/h5-6,8,12,15-16,19H,4,7,9-11,13H2,1-3H3. The second-order valence-electron chi connectivity index (χ2n) is 6.57. The van der Waals surface area contributed by atoms with Crippen LogP contribution in [0.5, 0.6) is 0 Å². The lowest BCUT2D eigenvalue weighted by atomic mass is 9.76. The molecule has 1 aromatic rings. The Balaban J connectivity index is 2.07. The topological polar surface area (TPSA) is 24.9 Å². The average molecular weight is 260 g/mol. The maximum atomic E-state index is 4.51. The summed E-state index contributed by atoms with van der Waals surface area (Å²) in [6.07, 6.45) is 8.28. The van der Waals surface area contributed by atoms with Gasteiger partial charge >= 0.3 is 0 Å². The normalized spacial score (nSPS) is 23.4. The predicted molar refractivity (Wildman–Crippen MR) is 81.1 cm³/mol. The molecule has 1 saturated carbocycles. The first-order valence-electron chi connectivity index (χ1n) is 7.77. The third kappa shape index (κ3) is 3.79. The largest absolute Gasteiger partial charge is 0.313 e. The van der Waals surface area contributed by atoms with Crippen LogP contribution in [0.25, 0.3) is 0 Å². The number of hydrogen-bond acceptors (Lipinski definition) is 2. The maximum Gasteiger partial charge on any atom is 0.0419 e. The van der Waals surface area contributed by atoms with Crippen molar-refractivity contribution in [2.24, 2.45) is 11.3 Å². The molecule has 1 N–H and O–H groups in total. The zero-order chi connectivity index (χ0) is 13.7. The fraction of sp³-hybridized carbons (Fsp3) is 0.706. The molecule has 2 nitrogen and oxygen atoms in total. The smallest absolute Gasteiger partial charge is 0.0419 e. The fourth-order valence-electron chi connectivity index (χ4n) is 3.53. The Morgan fingerprint density at radius 3 is 2.84 bits per heavy atom. The van der Waals surface area contributed by atoms with E-state index >= 15 is 0 Å². The summed E-state index contributed by atoms with van der Waals surface area (Å²) in [4.78, 5) is 4.51. The van der Waals surface area contributed by atoms with Crippen LogP contribution in [0.1, 0.15) is 52.1 Å². The van der Waals surface area contributed by atoms with Gasteiger partial charge in [-0.1, -0.05) is 33.3 Å². The number of aromatic nitrogens is 1. The molecule has 0 saturated heterocycles. The minimum absolute atomic E-state index is 0.472. The second kappa shape index (κ2) is 6.51. The summed E-state index contributed by atoms with van der Waals surface area (Å²) >= 11 is 0. The van der Waals surface area contributed by atoms with Crippen LogP contribution < -0.4 is 5.32 Å². The molecule has 2 atom stereocenters. The Labute approximate surface area is 118 Å². The molecule has 1 heterocycles. The van der Waals surface area contributed by atoms with Gasteiger partial charge in [0.2, 0.25) is 0 Å². The van der Waals surface area contributed by atoms with Crippen LogP contribution in [0, 0.1) is 11.3 Å². The first-order valence-corrected chi connectivity index (χ1v) is 7.77. The third-order valence-electron chi connectivity index (χ3n) is 4.64. The van der Waals surface area contributed by atoms with Crippen LogP contribution in [0.3, 0.4) is 0 Å². The minimum atomic E-state index is 0.472. The lowest BCUT2D eigenvalue weighted by Crippen LogP contribution is -2.42. The maximum absolute atomic E-state index is 4.51. The van der Waals surface area contributed by atoms with Gasteiger partial charge in [-0.2, -0.15) is 0 Å². The lowest BCUT2D eigenvalue weighted by molar-refractivity contribution is 0.195. The molecule has 0 bridgehead atoms. The molecule has 1 fully saturated rings. The number of nitrogens with one attached hydrogen (secondary N) is 1. The Morgan fingerprint density at radius 1 is 1.42 bits per heavy atom. The van der Waals surface area contributed by atoms with Gasteiger partial charge in [0, 0.05) is 24.4 Å². The van der Waals surface area contributed by atoms with Crippen molar-refractivity contribution < 1.29 is 0 Å². The summed E-state index contributed by atoms with van der Waals surface area (Å²) in [7, 11) is 0. The second-order valence-corrected chi connectivity index (χ2v) is 6.57. The van der Waals surface area contributed by atoms with E-state index in [9.17, 15) is 0 Å². The molecule has 0 aromatic carbocycles. The van der Waals surface area contributed by atoms with Gasteiger partial charge in [0.1, 0.15) is 0 Å². The summed E-state index contributed by atoms with van der Waals surface area (Å²) in [5.74, 6) is 0.779. The quantitative estimate of drug-likeness (QED) is 0.841. The molecule has 1 aliphatic rings. The first-order chi connectivity index (χ1) is 9.13. The van der Waals surface area contributed by atoms with Gasteiger partial charge in [-0.15, -0.1) is 0 Å². The summed E-state index contributed by atoms with van der Waals surface area (Å²) < 4.78 is 0. The molecule has 2 rings (SSSR count). The molecule has 106 valence electrons. The summed E-state index contributed by atoms with van der Waals surface area (Å²) in [6.45, 7) is 8.22. The zero-order valence-corrected chi connectivity index (χ0v) is 12.7. The molecule has 1 aliphatic carbocycles. The molecular formula is C17H28N2. The van der Waals surface area contributed by atoms with E-state index in [4.69, 9.17) is 0 Å². The highest BCUT2D eigenvalue weighted by molar-refractivity contribution is 5.07. The molecule has 0 amide bonds. The number of nitrogens with zero attached hydrogens (tertiary/aromatic N) is 1. The van der Waals surface area contributed by atoms with Crippen molar-refractivity contribution in [3.05, 3.63) is 30.1 Å². The van der Waals surface area contributed by atoms with Crippen LogP contribution >= 0.6 is 0 Å². The summed E-state index contributed by atoms with van der Waals surface area (Å²) in [5, 5.41) is 3.78. The van der Waals surface area contributed by atoms with Crippen LogP contribution in [0.15, 0.2) is 24.4 Å². The van der Waals surface area contributed by atoms with Gasteiger partial charge in [-0.05, 0) is 49.3 Å². The van der Waals surface area contributed by atoms with Crippen molar-refractivity contribution >= 4 is 0 Å². The number of hydrogen-bond donors (Lipinski definition) is 1. The molecule has 2 unspecified atom stereocenters. The Hall–Kier alpha value is -0.890. The van der Waals surface area contributed by atoms with Gasteiger partial charge in [0.05, 0.1) is 0 Å². The van der Waals surface area contributed by atoms with E-state index in [1.165, 1.54) is 31.4 Å². The highest BCUT2D eigenvalue weighted by atomic mass is 14.9. The van der Waals surface area contributed by atoms with E-state index in [-0.39, 0.29) is 0 Å². The van der Waals surface area contributed by atoms with Crippen LogP contribution in [0.4, 0.5) is 0 Å². The van der Waals surface area contributed by atoms with Crippen molar-refractivity contribution in [3.8, 4) is 0 Å².